The van der Waals surface area contributed by atoms with Gasteiger partial charge in [-0.1, -0.05) is 30.3 Å². The fourth-order valence-corrected chi connectivity index (χ4v) is 2.81. The lowest BCUT2D eigenvalue weighted by atomic mass is 10.1. The number of benzene rings is 1. The predicted molar refractivity (Wildman–Crippen MR) is 98.4 cm³/mol. The van der Waals surface area contributed by atoms with E-state index in [-0.39, 0.29) is 24.7 Å². The predicted octanol–water partition coefficient (Wildman–Crippen LogP) is 1.81. The molecule has 1 aromatic heterocycles. The van der Waals surface area contributed by atoms with Crippen molar-refractivity contribution in [2.45, 2.75) is 32.2 Å². The highest BCUT2D eigenvalue weighted by Gasteiger charge is 2.21. The fraction of sp³-hybridized carbons (Fsp3) is 0.368. The van der Waals surface area contributed by atoms with Crippen molar-refractivity contribution >= 4 is 17.5 Å². The smallest absolute Gasteiger partial charge is 0.243 e. The van der Waals surface area contributed by atoms with Crippen LogP contribution in [0, 0.1) is 0 Å². The number of aryl methyl sites for hydroxylation is 1. The molecule has 2 heterocycles. The average molecular weight is 353 g/mol. The van der Waals surface area contributed by atoms with Crippen LogP contribution in [-0.2, 0) is 16.1 Å². The van der Waals surface area contributed by atoms with Crippen molar-refractivity contribution in [1.82, 2.24) is 20.1 Å². The minimum Gasteiger partial charge on any atom is -0.356 e. The molecule has 1 N–H and O–H groups in total. The number of amides is 2. The Kier molecular flexibility index (Phi) is 6.14. The molecule has 1 aliphatic rings. The Balaban J connectivity index is 1.36. The van der Waals surface area contributed by atoms with Crippen LogP contribution in [0.2, 0.25) is 0 Å². The maximum absolute atomic E-state index is 12.2. The third-order valence-corrected chi connectivity index (χ3v) is 4.21. The van der Waals surface area contributed by atoms with Crippen LogP contribution < -0.4 is 5.32 Å². The Labute approximate surface area is 152 Å². The van der Waals surface area contributed by atoms with Crippen molar-refractivity contribution in [2.24, 2.45) is 5.10 Å². The van der Waals surface area contributed by atoms with Gasteiger partial charge in [0.25, 0.3) is 0 Å². The summed E-state index contributed by atoms with van der Waals surface area (Å²) in [4.78, 5) is 24.1. The zero-order valence-corrected chi connectivity index (χ0v) is 14.7. The second-order valence-electron chi connectivity index (χ2n) is 6.15. The van der Waals surface area contributed by atoms with Gasteiger partial charge in [0.15, 0.2) is 0 Å². The zero-order chi connectivity index (χ0) is 18.2. The Morgan fingerprint density at radius 1 is 1.12 bits per heavy atom. The van der Waals surface area contributed by atoms with E-state index in [4.69, 9.17) is 0 Å². The van der Waals surface area contributed by atoms with Crippen LogP contribution in [0.3, 0.4) is 0 Å². The van der Waals surface area contributed by atoms with Crippen LogP contribution in [0.5, 0.6) is 0 Å². The third kappa shape index (κ3) is 5.02. The second-order valence-corrected chi connectivity index (χ2v) is 6.15. The third-order valence-electron chi connectivity index (χ3n) is 4.21. The van der Waals surface area contributed by atoms with E-state index in [0.717, 1.165) is 30.7 Å². The van der Waals surface area contributed by atoms with Crippen LogP contribution in [0.15, 0.2) is 53.9 Å². The van der Waals surface area contributed by atoms with Crippen LogP contribution in [0.4, 0.5) is 0 Å². The van der Waals surface area contributed by atoms with Gasteiger partial charge in [0.2, 0.25) is 11.8 Å². The van der Waals surface area contributed by atoms with Gasteiger partial charge in [0.05, 0.1) is 12.3 Å². The summed E-state index contributed by atoms with van der Waals surface area (Å²) in [6, 6.07) is 11.7. The molecule has 3 rings (SSSR count). The molecule has 2 amide bonds. The summed E-state index contributed by atoms with van der Waals surface area (Å²) in [7, 11) is 0. The molecule has 0 spiro atoms. The number of rotatable bonds is 8. The van der Waals surface area contributed by atoms with E-state index in [2.05, 4.69) is 15.5 Å². The van der Waals surface area contributed by atoms with E-state index < -0.39 is 0 Å². The molecular formula is C19H23N5O2. The highest BCUT2D eigenvalue weighted by Crippen LogP contribution is 2.14. The SMILES string of the molecule is O=C(CCC(=O)N1CCC(c2ccccc2)=N1)NCCCn1cccn1. The first-order chi connectivity index (χ1) is 12.7. The van der Waals surface area contributed by atoms with Gasteiger partial charge in [0, 0.05) is 44.7 Å². The maximum atomic E-state index is 12.2. The molecule has 1 aromatic carbocycles. The van der Waals surface area contributed by atoms with E-state index in [1.807, 2.05) is 47.3 Å². The largest absolute Gasteiger partial charge is 0.356 e. The number of hydrogen-bond donors (Lipinski definition) is 1. The van der Waals surface area contributed by atoms with Gasteiger partial charge in [-0.2, -0.15) is 10.2 Å². The number of hydrazone groups is 1. The zero-order valence-electron chi connectivity index (χ0n) is 14.7. The molecule has 2 aromatic rings. The molecule has 0 radical (unpaired) electrons. The number of aromatic nitrogens is 2. The lowest BCUT2D eigenvalue weighted by Crippen LogP contribution is -2.28. The van der Waals surface area contributed by atoms with Crippen LogP contribution >= 0.6 is 0 Å². The van der Waals surface area contributed by atoms with Gasteiger partial charge in [0.1, 0.15) is 0 Å². The Morgan fingerprint density at radius 3 is 2.73 bits per heavy atom. The second kappa shape index (κ2) is 8.94. The molecule has 0 unspecified atom stereocenters. The minimum absolute atomic E-state index is 0.106. The number of nitrogens with zero attached hydrogens (tertiary/aromatic N) is 4. The summed E-state index contributed by atoms with van der Waals surface area (Å²) in [5, 5.41) is 12.8. The normalized spacial score (nSPS) is 13.5. The molecule has 0 atom stereocenters. The standard InChI is InChI=1S/C19H23N5O2/c25-18(20-11-4-13-23-14-5-12-21-23)8-9-19(26)24-15-10-17(22-24)16-6-2-1-3-7-16/h1-3,5-7,12,14H,4,8-11,13,15H2,(H,20,25). The first-order valence-corrected chi connectivity index (χ1v) is 8.90. The van der Waals surface area contributed by atoms with Gasteiger partial charge in [-0.3, -0.25) is 14.3 Å². The first kappa shape index (κ1) is 17.8. The summed E-state index contributed by atoms with van der Waals surface area (Å²) in [6.07, 6.45) is 5.53. The summed E-state index contributed by atoms with van der Waals surface area (Å²) < 4.78 is 1.82. The summed E-state index contributed by atoms with van der Waals surface area (Å²) in [6.45, 7) is 1.92. The van der Waals surface area contributed by atoms with Crippen LogP contribution in [0.25, 0.3) is 0 Å². The molecule has 136 valence electrons. The van der Waals surface area contributed by atoms with Crippen molar-refractivity contribution < 1.29 is 9.59 Å². The monoisotopic (exact) mass is 353 g/mol. The maximum Gasteiger partial charge on any atom is 0.243 e. The van der Waals surface area contributed by atoms with Crippen molar-refractivity contribution in [3.8, 4) is 0 Å². The van der Waals surface area contributed by atoms with Crippen molar-refractivity contribution in [1.29, 1.82) is 0 Å². The Hall–Kier alpha value is -2.96. The van der Waals surface area contributed by atoms with Crippen molar-refractivity contribution in [3.63, 3.8) is 0 Å². The van der Waals surface area contributed by atoms with E-state index in [9.17, 15) is 9.59 Å². The van der Waals surface area contributed by atoms with E-state index in [0.29, 0.717) is 13.1 Å². The number of carbonyl (C=O) groups excluding carboxylic acids is 2. The fourth-order valence-electron chi connectivity index (χ4n) is 2.81. The molecule has 0 bridgehead atoms. The molecule has 1 aliphatic heterocycles. The lowest BCUT2D eigenvalue weighted by Gasteiger charge is -2.11. The van der Waals surface area contributed by atoms with Crippen LogP contribution in [0.1, 0.15) is 31.2 Å². The highest BCUT2D eigenvalue weighted by atomic mass is 16.2. The van der Waals surface area contributed by atoms with Gasteiger partial charge in [-0.05, 0) is 18.1 Å². The molecule has 0 saturated heterocycles. The van der Waals surface area contributed by atoms with Crippen molar-refractivity contribution in [2.75, 3.05) is 13.1 Å². The molecule has 0 fully saturated rings. The minimum atomic E-state index is -0.109. The number of carbonyl (C=O) groups is 2. The van der Waals surface area contributed by atoms with Gasteiger partial charge in [-0.25, -0.2) is 5.01 Å². The van der Waals surface area contributed by atoms with E-state index in [1.165, 1.54) is 5.01 Å². The topological polar surface area (TPSA) is 79.6 Å². The molecule has 7 nitrogen and oxygen atoms in total. The quantitative estimate of drug-likeness (QED) is 0.735. The van der Waals surface area contributed by atoms with Gasteiger partial charge >= 0.3 is 0 Å². The summed E-state index contributed by atoms with van der Waals surface area (Å²) in [5.41, 5.74) is 1.96. The first-order valence-electron chi connectivity index (χ1n) is 8.90. The molecule has 26 heavy (non-hydrogen) atoms. The summed E-state index contributed by atoms with van der Waals surface area (Å²) >= 11 is 0. The van der Waals surface area contributed by atoms with E-state index >= 15 is 0 Å². The number of hydrogen-bond acceptors (Lipinski definition) is 4. The molecule has 0 aliphatic carbocycles. The Bertz CT molecular complexity index is 756. The Morgan fingerprint density at radius 2 is 1.96 bits per heavy atom. The highest BCUT2D eigenvalue weighted by molar-refractivity contribution is 6.02. The average Bonchev–Trinajstić information content (AvgIpc) is 3.36. The molecular weight excluding hydrogens is 330 g/mol. The molecule has 7 heteroatoms. The lowest BCUT2D eigenvalue weighted by molar-refractivity contribution is -0.133. The van der Waals surface area contributed by atoms with E-state index in [1.54, 1.807) is 6.20 Å². The number of nitrogens with one attached hydrogen (secondary N) is 1. The van der Waals surface area contributed by atoms with Gasteiger partial charge < -0.3 is 5.32 Å². The van der Waals surface area contributed by atoms with Crippen LogP contribution in [-0.4, -0.2) is 45.4 Å². The van der Waals surface area contributed by atoms with Crippen molar-refractivity contribution in [3.05, 3.63) is 54.4 Å². The van der Waals surface area contributed by atoms with Gasteiger partial charge in [-0.15, -0.1) is 0 Å². The molecule has 0 saturated carbocycles. The summed E-state index contributed by atoms with van der Waals surface area (Å²) in [5.74, 6) is -0.215.